The standard InChI is InChI=1S/C17H16BrFN2O2S/c18-13-9-11(19)6-7-12(13)16(22)20-21-17(23)15-8-10-4-2-1-3-5-14(10)24-15/h6-9H,1-5H2,(H,20,22)(H,21,23). The topological polar surface area (TPSA) is 58.2 Å². The van der Waals surface area contributed by atoms with Crippen molar-refractivity contribution in [3.63, 3.8) is 0 Å². The summed E-state index contributed by atoms with van der Waals surface area (Å²) < 4.78 is 13.4. The Labute approximate surface area is 151 Å². The lowest BCUT2D eigenvalue weighted by Gasteiger charge is -2.07. The van der Waals surface area contributed by atoms with Gasteiger partial charge in [-0.3, -0.25) is 20.4 Å². The highest BCUT2D eigenvalue weighted by atomic mass is 79.9. The van der Waals surface area contributed by atoms with Crippen LogP contribution < -0.4 is 10.9 Å². The number of rotatable bonds is 2. The molecule has 4 nitrogen and oxygen atoms in total. The number of hydrogen-bond acceptors (Lipinski definition) is 3. The Bertz CT molecular complexity index is 767. The van der Waals surface area contributed by atoms with Crippen LogP contribution in [0.4, 0.5) is 4.39 Å². The van der Waals surface area contributed by atoms with E-state index in [-0.39, 0.29) is 11.5 Å². The third kappa shape index (κ3) is 3.84. The SMILES string of the molecule is O=C(NNC(=O)c1ccc(F)cc1Br)c1cc2c(s1)CCCCC2. The first-order chi connectivity index (χ1) is 11.5. The van der Waals surface area contributed by atoms with Crippen LogP contribution in [0.1, 0.15) is 49.7 Å². The minimum Gasteiger partial charge on any atom is -0.267 e. The lowest BCUT2D eigenvalue weighted by Crippen LogP contribution is -2.41. The molecule has 1 aliphatic carbocycles. The number of hydrazine groups is 1. The van der Waals surface area contributed by atoms with E-state index < -0.39 is 11.7 Å². The first-order valence-electron chi connectivity index (χ1n) is 7.72. The maximum Gasteiger partial charge on any atom is 0.279 e. The molecule has 24 heavy (non-hydrogen) atoms. The molecule has 0 atom stereocenters. The number of thiophene rings is 1. The molecule has 0 saturated carbocycles. The molecule has 0 fully saturated rings. The summed E-state index contributed by atoms with van der Waals surface area (Å²) in [5, 5.41) is 0. The van der Waals surface area contributed by atoms with E-state index in [1.54, 1.807) is 0 Å². The van der Waals surface area contributed by atoms with Gasteiger partial charge in [0.25, 0.3) is 11.8 Å². The van der Waals surface area contributed by atoms with Gasteiger partial charge in [-0.2, -0.15) is 0 Å². The Morgan fingerprint density at radius 2 is 1.79 bits per heavy atom. The predicted molar refractivity (Wildman–Crippen MR) is 94.6 cm³/mol. The summed E-state index contributed by atoms with van der Waals surface area (Å²) >= 11 is 4.62. The largest absolute Gasteiger partial charge is 0.279 e. The molecule has 0 spiro atoms. The summed E-state index contributed by atoms with van der Waals surface area (Å²) in [5.74, 6) is -1.28. The third-order valence-electron chi connectivity index (χ3n) is 3.94. The van der Waals surface area contributed by atoms with Crippen LogP contribution in [-0.2, 0) is 12.8 Å². The smallest absolute Gasteiger partial charge is 0.267 e. The van der Waals surface area contributed by atoms with Crippen LogP contribution in [0.5, 0.6) is 0 Å². The van der Waals surface area contributed by atoms with Crippen molar-refractivity contribution in [3.8, 4) is 0 Å². The summed E-state index contributed by atoms with van der Waals surface area (Å²) in [6, 6.07) is 5.67. The zero-order valence-electron chi connectivity index (χ0n) is 12.8. The average molecular weight is 411 g/mol. The molecular formula is C17H16BrFN2O2S. The number of nitrogens with one attached hydrogen (secondary N) is 2. The van der Waals surface area contributed by atoms with Crippen LogP contribution in [-0.4, -0.2) is 11.8 Å². The fourth-order valence-corrected chi connectivity index (χ4v) is 4.38. The Hall–Kier alpha value is -1.73. The van der Waals surface area contributed by atoms with E-state index in [2.05, 4.69) is 26.8 Å². The number of benzene rings is 1. The van der Waals surface area contributed by atoms with Crippen molar-refractivity contribution in [2.75, 3.05) is 0 Å². The zero-order chi connectivity index (χ0) is 17.1. The molecule has 2 aromatic rings. The van der Waals surface area contributed by atoms with Crippen LogP contribution in [0.2, 0.25) is 0 Å². The van der Waals surface area contributed by atoms with Crippen LogP contribution in [0, 0.1) is 5.82 Å². The van der Waals surface area contributed by atoms with Gasteiger partial charge in [0.1, 0.15) is 5.82 Å². The number of carbonyl (C=O) groups excluding carboxylic acids is 2. The number of carbonyl (C=O) groups is 2. The maximum atomic E-state index is 13.1. The van der Waals surface area contributed by atoms with E-state index in [0.29, 0.717) is 9.35 Å². The lowest BCUT2D eigenvalue weighted by atomic mass is 10.1. The lowest BCUT2D eigenvalue weighted by molar-refractivity contribution is 0.0848. The van der Waals surface area contributed by atoms with Gasteiger partial charge in [-0.15, -0.1) is 11.3 Å². The second kappa shape index (κ2) is 7.44. The van der Waals surface area contributed by atoms with Crippen molar-refractivity contribution in [2.24, 2.45) is 0 Å². The zero-order valence-corrected chi connectivity index (χ0v) is 15.2. The quantitative estimate of drug-likeness (QED) is 0.580. The molecular weight excluding hydrogens is 395 g/mol. The molecule has 0 bridgehead atoms. The van der Waals surface area contributed by atoms with Gasteiger partial charge in [0.05, 0.1) is 10.4 Å². The molecule has 0 aliphatic heterocycles. The highest BCUT2D eigenvalue weighted by Crippen LogP contribution is 2.28. The Morgan fingerprint density at radius 3 is 2.58 bits per heavy atom. The van der Waals surface area contributed by atoms with E-state index in [9.17, 15) is 14.0 Å². The van der Waals surface area contributed by atoms with Crippen LogP contribution in [0.15, 0.2) is 28.7 Å². The Kier molecular flexibility index (Phi) is 5.30. The minimum absolute atomic E-state index is 0.249. The van der Waals surface area contributed by atoms with Gasteiger partial charge in [-0.25, -0.2) is 4.39 Å². The second-order valence-electron chi connectivity index (χ2n) is 5.65. The van der Waals surface area contributed by atoms with Gasteiger partial charge in [-0.05, 0) is 71.4 Å². The second-order valence-corrected chi connectivity index (χ2v) is 7.64. The minimum atomic E-state index is -0.506. The van der Waals surface area contributed by atoms with Crippen molar-refractivity contribution in [1.82, 2.24) is 10.9 Å². The van der Waals surface area contributed by atoms with Crippen molar-refractivity contribution < 1.29 is 14.0 Å². The fourth-order valence-electron chi connectivity index (χ4n) is 2.70. The van der Waals surface area contributed by atoms with Gasteiger partial charge in [0.15, 0.2) is 0 Å². The van der Waals surface area contributed by atoms with E-state index in [1.807, 2.05) is 6.07 Å². The van der Waals surface area contributed by atoms with Crippen molar-refractivity contribution >= 4 is 39.1 Å². The summed E-state index contributed by atoms with van der Waals surface area (Å²) in [6.45, 7) is 0. The van der Waals surface area contributed by atoms with Gasteiger partial charge < -0.3 is 0 Å². The molecule has 1 aromatic heterocycles. The normalized spacial score (nSPS) is 13.8. The highest BCUT2D eigenvalue weighted by Gasteiger charge is 2.17. The molecule has 126 valence electrons. The van der Waals surface area contributed by atoms with Crippen LogP contribution in [0.3, 0.4) is 0 Å². The number of hydrogen-bond donors (Lipinski definition) is 2. The van der Waals surface area contributed by atoms with Crippen LogP contribution in [0.25, 0.3) is 0 Å². The Morgan fingerprint density at radius 1 is 1.04 bits per heavy atom. The summed E-state index contributed by atoms with van der Waals surface area (Å²) in [7, 11) is 0. The Balaban J connectivity index is 1.64. The van der Waals surface area contributed by atoms with Gasteiger partial charge in [0, 0.05) is 9.35 Å². The average Bonchev–Trinajstić information content (AvgIpc) is 2.83. The molecule has 1 heterocycles. The summed E-state index contributed by atoms with van der Waals surface area (Å²) in [5.41, 5.74) is 6.28. The number of amides is 2. The third-order valence-corrected chi connectivity index (χ3v) is 5.83. The van der Waals surface area contributed by atoms with E-state index in [4.69, 9.17) is 0 Å². The molecule has 2 amide bonds. The molecule has 0 unspecified atom stereocenters. The molecule has 1 aliphatic rings. The van der Waals surface area contributed by atoms with Crippen molar-refractivity contribution in [1.29, 1.82) is 0 Å². The molecule has 1 aromatic carbocycles. The summed E-state index contributed by atoms with van der Waals surface area (Å²) in [6.07, 6.45) is 5.56. The highest BCUT2D eigenvalue weighted by molar-refractivity contribution is 9.10. The monoisotopic (exact) mass is 410 g/mol. The van der Waals surface area contributed by atoms with E-state index >= 15 is 0 Å². The molecule has 0 saturated heterocycles. The van der Waals surface area contributed by atoms with E-state index in [1.165, 1.54) is 46.4 Å². The number of fused-ring (bicyclic) bond motifs is 1. The summed E-state index contributed by atoms with van der Waals surface area (Å²) in [4.78, 5) is 26.2. The fraction of sp³-hybridized carbons (Fsp3) is 0.294. The van der Waals surface area contributed by atoms with Gasteiger partial charge in [-0.1, -0.05) is 6.42 Å². The van der Waals surface area contributed by atoms with Crippen molar-refractivity contribution in [3.05, 3.63) is 55.4 Å². The number of aryl methyl sites for hydroxylation is 2. The van der Waals surface area contributed by atoms with Crippen LogP contribution >= 0.6 is 27.3 Å². The first kappa shape index (κ1) is 17.1. The maximum absolute atomic E-state index is 13.1. The molecule has 0 radical (unpaired) electrons. The molecule has 3 rings (SSSR count). The van der Waals surface area contributed by atoms with E-state index in [0.717, 1.165) is 25.7 Å². The number of halogens is 2. The van der Waals surface area contributed by atoms with Gasteiger partial charge in [0.2, 0.25) is 0 Å². The molecule has 7 heteroatoms. The van der Waals surface area contributed by atoms with Gasteiger partial charge >= 0.3 is 0 Å². The van der Waals surface area contributed by atoms with Crippen molar-refractivity contribution in [2.45, 2.75) is 32.1 Å². The predicted octanol–water partition coefficient (Wildman–Crippen LogP) is 3.99. The molecule has 2 N–H and O–H groups in total. The first-order valence-corrected chi connectivity index (χ1v) is 9.33.